The molecule has 0 atom stereocenters. The van der Waals surface area contributed by atoms with Crippen LogP contribution in [-0.2, 0) is 0 Å². The van der Waals surface area contributed by atoms with Crippen LogP contribution in [0.1, 0.15) is 15.9 Å². The molecule has 0 bridgehead atoms. The molecule has 2 rings (SSSR count). The van der Waals surface area contributed by atoms with Crippen molar-refractivity contribution < 1.29 is 24.5 Å². The van der Waals surface area contributed by atoms with Gasteiger partial charge < -0.3 is 15.3 Å². The molecule has 0 heterocycles. The average Bonchev–Trinajstić information content (AvgIpc) is 2.40. The Morgan fingerprint density at radius 3 is 2.40 bits per heavy atom. The van der Waals surface area contributed by atoms with Crippen LogP contribution in [0.5, 0.6) is 17.2 Å². The van der Waals surface area contributed by atoms with Gasteiger partial charge in [-0.25, -0.2) is 4.39 Å². The molecular formula is C15H11FO4. The molecule has 0 saturated heterocycles. The van der Waals surface area contributed by atoms with Gasteiger partial charge in [-0.05, 0) is 35.9 Å². The third-order valence-electron chi connectivity index (χ3n) is 2.65. The first-order chi connectivity index (χ1) is 9.47. The first-order valence-electron chi connectivity index (χ1n) is 5.70. The molecule has 0 aliphatic rings. The predicted molar refractivity (Wildman–Crippen MR) is 71.2 cm³/mol. The summed E-state index contributed by atoms with van der Waals surface area (Å²) < 4.78 is 13.1. The first-order valence-corrected chi connectivity index (χ1v) is 5.70. The lowest BCUT2D eigenvalue weighted by atomic mass is 10.1. The van der Waals surface area contributed by atoms with Gasteiger partial charge in [0.05, 0.1) is 5.56 Å². The number of carbonyl (C=O) groups is 1. The predicted octanol–water partition coefficient (Wildman–Crippen LogP) is 2.84. The van der Waals surface area contributed by atoms with Gasteiger partial charge in [0.25, 0.3) is 0 Å². The molecule has 0 aliphatic carbocycles. The number of ketones is 1. The summed E-state index contributed by atoms with van der Waals surface area (Å²) in [6, 6.07) is 7.32. The molecular weight excluding hydrogens is 263 g/mol. The lowest BCUT2D eigenvalue weighted by molar-refractivity contribution is 0.104. The van der Waals surface area contributed by atoms with Gasteiger partial charge in [-0.2, -0.15) is 0 Å². The van der Waals surface area contributed by atoms with Gasteiger partial charge in [-0.3, -0.25) is 4.79 Å². The number of allylic oxidation sites excluding steroid dienone is 1. The summed E-state index contributed by atoms with van der Waals surface area (Å²) in [7, 11) is 0. The molecule has 102 valence electrons. The van der Waals surface area contributed by atoms with Crippen molar-refractivity contribution in [3.05, 3.63) is 59.4 Å². The van der Waals surface area contributed by atoms with Crippen LogP contribution < -0.4 is 0 Å². The van der Waals surface area contributed by atoms with Crippen LogP contribution >= 0.6 is 0 Å². The van der Waals surface area contributed by atoms with E-state index in [0.29, 0.717) is 5.56 Å². The van der Waals surface area contributed by atoms with Crippen molar-refractivity contribution in [3.8, 4) is 17.2 Å². The zero-order chi connectivity index (χ0) is 14.7. The lowest BCUT2D eigenvalue weighted by Crippen LogP contribution is -1.94. The maximum Gasteiger partial charge on any atom is 0.189 e. The Morgan fingerprint density at radius 1 is 1.00 bits per heavy atom. The zero-order valence-electron chi connectivity index (χ0n) is 10.2. The Bertz CT molecular complexity index is 692. The largest absolute Gasteiger partial charge is 0.508 e. The summed E-state index contributed by atoms with van der Waals surface area (Å²) in [5.74, 6) is -2.23. The number of hydrogen-bond donors (Lipinski definition) is 3. The summed E-state index contributed by atoms with van der Waals surface area (Å²) in [5, 5.41) is 27.7. The van der Waals surface area contributed by atoms with Crippen LogP contribution in [0.2, 0.25) is 0 Å². The normalized spacial score (nSPS) is 10.8. The Hall–Kier alpha value is -2.82. The summed E-state index contributed by atoms with van der Waals surface area (Å²) in [6.45, 7) is 0. The van der Waals surface area contributed by atoms with E-state index in [-0.39, 0.29) is 17.1 Å². The Labute approximate surface area is 114 Å². The number of phenolic OH excluding ortho intramolecular Hbond substituents is 3. The quantitative estimate of drug-likeness (QED) is 0.594. The molecule has 0 radical (unpaired) electrons. The second-order valence-corrected chi connectivity index (χ2v) is 4.11. The summed E-state index contributed by atoms with van der Waals surface area (Å²) in [6.07, 6.45) is 2.52. The fourth-order valence-corrected chi connectivity index (χ4v) is 1.62. The fraction of sp³-hybridized carbons (Fsp3) is 0. The number of rotatable bonds is 3. The third-order valence-corrected chi connectivity index (χ3v) is 2.65. The van der Waals surface area contributed by atoms with Gasteiger partial charge in [-0.15, -0.1) is 0 Å². The van der Waals surface area contributed by atoms with Crippen LogP contribution in [0.25, 0.3) is 6.08 Å². The van der Waals surface area contributed by atoms with Crippen molar-refractivity contribution in [2.24, 2.45) is 0 Å². The van der Waals surface area contributed by atoms with Gasteiger partial charge in [0.1, 0.15) is 11.5 Å². The average molecular weight is 274 g/mol. The zero-order valence-corrected chi connectivity index (χ0v) is 10.2. The highest BCUT2D eigenvalue weighted by molar-refractivity contribution is 6.08. The summed E-state index contributed by atoms with van der Waals surface area (Å²) >= 11 is 0. The lowest BCUT2D eigenvalue weighted by Gasteiger charge is -2.01. The Kier molecular flexibility index (Phi) is 3.70. The van der Waals surface area contributed by atoms with Crippen LogP contribution in [0.15, 0.2) is 42.5 Å². The van der Waals surface area contributed by atoms with Crippen molar-refractivity contribution >= 4 is 11.9 Å². The van der Waals surface area contributed by atoms with Crippen molar-refractivity contribution in [2.75, 3.05) is 0 Å². The van der Waals surface area contributed by atoms with Crippen LogP contribution in [-0.4, -0.2) is 21.1 Å². The highest BCUT2D eigenvalue weighted by Gasteiger charge is 2.08. The van der Waals surface area contributed by atoms with E-state index in [1.165, 1.54) is 30.3 Å². The topological polar surface area (TPSA) is 77.8 Å². The minimum absolute atomic E-state index is 0.0262. The third kappa shape index (κ3) is 2.95. The fourth-order valence-electron chi connectivity index (χ4n) is 1.62. The van der Waals surface area contributed by atoms with E-state index < -0.39 is 17.3 Å². The van der Waals surface area contributed by atoms with E-state index in [1.54, 1.807) is 0 Å². The highest BCUT2D eigenvalue weighted by atomic mass is 19.1. The first kappa shape index (κ1) is 13.6. The molecule has 0 amide bonds. The number of carbonyl (C=O) groups excluding carboxylic acids is 1. The minimum atomic E-state index is -0.785. The molecule has 0 aliphatic heterocycles. The smallest absolute Gasteiger partial charge is 0.189 e. The Morgan fingerprint density at radius 2 is 1.75 bits per heavy atom. The monoisotopic (exact) mass is 274 g/mol. The number of benzene rings is 2. The second kappa shape index (κ2) is 5.44. The number of aromatic hydroxyl groups is 3. The molecule has 20 heavy (non-hydrogen) atoms. The van der Waals surface area contributed by atoms with Crippen LogP contribution in [0.3, 0.4) is 0 Å². The standard InChI is InChI=1S/C15H11FO4/c16-12-7-9(2-6-14(12)19)1-5-13(18)11-4-3-10(17)8-15(11)20/h1-8,17,19-20H. The van der Waals surface area contributed by atoms with E-state index in [0.717, 1.165) is 18.2 Å². The van der Waals surface area contributed by atoms with Gasteiger partial charge in [0.15, 0.2) is 17.3 Å². The second-order valence-electron chi connectivity index (χ2n) is 4.11. The molecule has 2 aromatic rings. The van der Waals surface area contributed by atoms with Crippen molar-refractivity contribution in [2.45, 2.75) is 0 Å². The maximum atomic E-state index is 13.1. The van der Waals surface area contributed by atoms with E-state index in [2.05, 4.69) is 0 Å². The van der Waals surface area contributed by atoms with E-state index in [4.69, 9.17) is 10.2 Å². The molecule has 0 saturated carbocycles. The van der Waals surface area contributed by atoms with Gasteiger partial charge in [0.2, 0.25) is 0 Å². The van der Waals surface area contributed by atoms with E-state index >= 15 is 0 Å². The van der Waals surface area contributed by atoms with Crippen molar-refractivity contribution in [3.63, 3.8) is 0 Å². The summed E-state index contributed by atoms with van der Waals surface area (Å²) in [5.41, 5.74) is 0.421. The van der Waals surface area contributed by atoms with Crippen molar-refractivity contribution in [1.29, 1.82) is 0 Å². The number of hydrogen-bond acceptors (Lipinski definition) is 4. The highest BCUT2D eigenvalue weighted by Crippen LogP contribution is 2.23. The molecule has 2 aromatic carbocycles. The van der Waals surface area contributed by atoms with Gasteiger partial charge in [0, 0.05) is 6.07 Å². The van der Waals surface area contributed by atoms with E-state index in [9.17, 15) is 14.3 Å². The maximum absolute atomic E-state index is 13.1. The molecule has 0 unspecified atom stereocenters. The number of halogens is 1. The van der Waals surface area contributed by atoms with Gasteiger partial charge >= 0.3 is 0 Å². The molecule has 4 nitrogen and oxygen atoms in total. The SMILES string of the molecule is O=C(C=Cc1ccc(O)c(F)c1)c1ccc(O)cc1O. The molecule has 5 heteroatoms. The molecule has 0 spiro atoms. The van der Waals surface area contributed by atoms with E-state index in [1.807, 2.05) is 0 Å². The molecule has 3 N–H and O–H groups in total. The van der Waals surface area contributed by atoms with Gasteiger partial charge in [-0.1, -0.05) is 12.1 Å². The Balaban J connectivity index is 2.22. The van der Waals surface area contributed by atoms with Crippen LogP contribution in [0, 0.1) is 5.82 Å². The number of phenols is 3. The molecule has 0 aromatic heterocycles. The van der Waals surface area contributed by atoms with Crippen LogP contribution in [0.4, 0.5) is 4.39 Å². The van der Waals surface area contributed by atoms with Crippen molar-refractivity contribution in [1.82, 2.24) is 0 Å². The summed E-state index contributed by atoms with van der Waals surface area (Å²) in [4.78, 5) is 11.8. The minimum Gasteiger partial charge on any atom is -0.508 e. The molecule has 0 fully saturated rings.